The van der Waals surface area contributed by atoms with Crippen molar-refractivity contribution in [3.05, 3.63) is 0 Å². The van der Waals surface area contributed by atoms with Crippen LogP contribution in [0, 0.1) is 0 Å². The Morgan fingerprint density at radius 3 is 1.85 bits per heavy atom. The van der Waals surface area contributed by atoms with Crippen LogP contribution in [0.15, 0.2) is 0 Å². The summed E-state index contributed by atoms with van der Waals surface area (Å²) >= 11 is 0. The molecule has 0 bridgehead atoms. The SMILES string of the molecule is CCCCCCCCCCCC(=O)OC(C)C(=O)[O-].[Na+]. The Kier molecular flexibility index (Phi) is 17.0. The van der Waals surface area contributed by atoms with Gasteiger partial charge in [-0.2, -0.15) is 0 Å². The van der Waals surface area contributed by atoms with Gasteiger partial charge in [0.25, 0.3) is 0 Å². The summed E-state index contributed by atoms with van der Waals surface area (Å²) in [6, 6.07) is 0. The largest absolute Gasteiger partial charge is 1.00 e. The van der Waals surface area contributed by atoms with Crippen LogP contribution in [0.25, 0.3) is 0 Å². The molecular formula is C15H27NaO4. The molecule has 20 heavy (non-hydrogen) atoms. The van der Waals surface area contributed by atoms with Crippen LogP contribution in [0.5, 0.6) is 0 Å². The van der Waals surface area contributed by atoms with Gasteiger partial charge in [-0.15, -0.1) is 0 Å². The van der Waals surface area contributed by atoms with Gasteiger partial charge in [0.2, 0.25) is 0 Å². The van der Waals surface area contributed by atoms with E-state index in [1.54, 1.807) is 0 Å². The maximum Gasteiger partial charge on any atom is 1.00 e. The molecule has 0 N–H and O–H groups in total. The van der Waals surface area contributed by atoms with Crippen LogP contribution >= 0.6 is 0 Å². The average molecular weight is 294 g/mol. The van der Waals surface area contributed by atoms with Gasteiger partial charge in [0.15, 0.2) is 0 Å². The molecule has 0 rings (SSSR count). The zero-order chi connectivity index (χ0) is 14.5. The van der Waals surface area contributed by atoms with Gasteiger partial charge in [-0.1, -0.05) is 58.3 Å². The number of ether oxygens (including phenoxy) is 1. The molecule has 0 spiro atoms. The topological polar surface area (TPSA) is 66.4 Å². The predicted molar refractivity (Wildman–Crippen MR) is 72.4 cm³/mol. The molecule has 0 aliphatic carbocycles. The van der Waals surface area contributed by atoms with Crippen LogP contribution in [-0.2, 0) is 14.3 Å². The summed E-state index contributed by atoms with van der Waals surface area (Å²) in [5.74, 6) is -1.79. The van der Waals surface area contributed by atoms with Gasteiger partial charge >= 0.3 is 35.5 Å². The Morgan fingerprint density at radius 1 is 0.950 bits per heavy atom. The Bertz CT molecular complexity index is 256. The molecule has 112 valence electrons. The van der Waals surface area contributed by atoms with E-state index in [0.29, 0.717) is 6.42 Å². The number of hydrogen-bond acceptors (Lipinski definition) is 4. The number of unbranched alkanes of at least 4 members (excludes halogenated alkanes) is 8. The second-order valence-electron chi connectivity index (χ2n) is 5.03. The first-order chi connectivity index (χ1) is 9.07. The Balaban J connectivity index is 0. The normalized spacial score (nSPS) is 11.5. The molecule has 0 aliphatic heterocycles. The quantitative estimate of drug-likeness (QED) is 0.279. The monoisotopic (exact) mass is 294 g/mol. The van der Waals surface area contributed by atoms with Crippen molar-refractivity contribution in [2.75, 3.05) is 0 Å². The first-order valence-electron chi connectivity index (χ1n) is 7.48. The molecule has 0 aromatic rings. The van der Waals surface area contributed by atoms with E-state index in [2.05, 4.69) is 11.7 Å². The standard InChI is InChI=1S/C15H28O4.Na/c1-3-4-5-6-7-8-9-10-11-12-14(16)19-13(2)15(17)18;/h13H,3-12H2,1-2H3,(H,17,18);/q;+1/p-1. The second kappa shape index (κ2) is 15.3. The molecule has 0 fully saturated rings. The van der Waals surface area contributed by atoms with Crippen molar-refractivity contribution in [3.8, 4) is 0 Å². The Morgan fingerprint density at radius 2 is 1.40 bits per heavy atom. The van der Waals surface area contributed by atoms with Gasteiger partial charge in [-0.25, -0.2) is 0 Å². The molecule has 0 aliphatic rings. The Labute approximate surface area is 144 Å². The van der Waals surface area contributed by atoms with Crippen molar-refractivity contribution in [2.24, 2.45) is 0 Å². The van der Waals surface area contributed by atoms with E-state index in [0.717, 1.165) is 19.3 Å². The molecule has 5 heteroatoms. The van der Waals surface area contributed by atoms with E-state index in [1.165, 1.54) is 45.4 Å². The summed E-state index contributed by atoms with van der Waals surface area (Å²) in [6.07, 6.45) is 9.77. The Hall–Kier alpha value is -0.0600. The minimum absolute atomic E-state index is 0. The molecule has 1 atom stereocenters. The maximum absolute atomic E-state index is 11.3. The fraction of sp³-hybridized carbons (Fsp3) is 0.867. The van der Waals surface area contributed by atoms with Gasteiger partial charge in [-0.3, -0.25) is 4.79 Å². The van der Waals surface area contributed by atoms with Gasteiger partial charge < -0.3 is 14.6 Å². The number of aliphatic carboxylic acids is 1. The molecule has 4 nitrogen and oxygen atoms in total. The number of carboxylic acids is 1. The molecular weight excluding hydrogens is 267 g/mol. The first-order valence-corrected chi connectivity index (χ1v) is 7.48. The smallest absolute Gasteiger partial charge is 0.546 e. The minimum Gasteiger partial charge on any atom is -0.546 e. The van der Waals surface area contributed by atoms with Gasteiger partial charge in [0.1, 0.15) is 6.10 Å². The molecule has 0 aromatic carbocycles. The summed E-state index contributed by atoms with van der Waals surface area (Å²) in [6.45, 7) is 3.52. The third-order valence-electron chi connectivity index (χ3n) is 3.12. The number of esters is 1. The molecule has 1 unspecified atom stereocenters. The number of hydrogen-bond donors (Lipinski definition) is 0. The van der Waals surface area contributed by atoms with E-state index in [9.17, 15) is 14.7 Å². The van der Waals surface area contributed by atoms with Crippen LogP contribution in [0.1, 0.15) is 78.1 Å². The fourth-order valence-corrected chi connectivity index (χ4v) is 1.88. The third kappa shape index (κ3) is 14.4. The molecule has 0 amide bonds. The fourth-order valence-electron chi connectivity index (χ4n) is 1.88. The molecule has 0 aromatic heterocycles. The van der Waals surface area contributed by atoms with Crippen molar-refractivity contribution in [2.45, 2.75) is 84.2 Å². The van der Waals surface area contributed by atoms with Gasteiger partial charge in [0, 0.05) is 6.42 Å². The first kappa shape index (κ1) is 22.2. The number of rotatable bonds is 12. The van der Waals surface area contributed by atoms with Crippen molar-refractivity contribution < 1.29 is 49.0 Å². The summed E-state index contributed by atoms with van der Waals surface area (Å²) in [5, 5.41) is 10.4. The van der Waals surface area contributed by atoms with E-state index < -0.39 is 18.0 Å². The maximum atomic E-state index is 11.3. The summed E-state index contributed by atoms with van der Waals surface area (Å²) in [7, 11) is 0. The molecule has 0 saturated carbocycles. The zero-order valence-electron chi connectivity index (χ0n) is 13.3. The van der Waals surface area contributed by atoms with E-state index >= 15 is 0 Å². The summed E-state index contributed by atoms with van der Waals surface area (Å²) in [4.78, 5) is 21.6. The molecule has 0 heterocycles. The number of carbonyl (C=O) groups excluding carboxylic acids is 2. The summed E-state index contributed by atoms with van der Waals surface area (Å²) < 4.78 is 4.68. The van der Waals surface area contributed by atoms with E-state index in [4.69, 9.17) is 0 Å². The van der Waals surface area contributed by atoms with E-state index in [1.807, 2.05) is 0 Å². The number of carboxylic acid groups (broad SMARTS) is 1. The third-order valence-corrected chi connectivity index (χ3v) is 3.12. The van der Waals surface area contributed by atoms with Crippen molar-refractivity contribution in [1.29, 1.82) is 0 Å². The minimum atomic E-state index is -1.35. The number of carbonyl (C=O) groups is 2. The average Bonchev–Trinajstić information content (AvgIpc) is 2.36. The zero-order valence-corrected chi connectivity index (χ0v) is 15.3. The van der Waals surface area contributed by atoms with Crippen molar-refractivity contribution in [1.82, 2.24) is 0 Å². The molecule has 0 saturated heterocycles. The summed E-state index contributed by atoms with van der Waals surface area (Å²) in [5.41, 5.74) is 0. The van der Waals surface area contributed by atoms with Crippen molar-refractivity contribution >= 4 is 11.9 Å². The van der Waals surface area contributed by atoms with Crippen LogP contribution < -0.4 is 34.7 Å². The van der Waals surface area contributed by atoms with Gasteiger partial charge in [0.05, 0.1) is 5.97 Å². The van der Waals surface area contributed by atoms with Crippen LogP contribution in [0.4, 0.5) is 0 Å². The second-order valence-corrected chi connectivity index (χ2v) is 5.03. The van der Waals surface area contributed by atoms with Crippen molar-refractivity contribution in [3.63, 3.8) is 0 Å². The van der Waals surface area contributed by atoms with Gasteiger partial charge in [-0.05, 0) is 13.3 Å². The van der Waals surface area contributed by atoms with Crippen LogP contribution in [-0.4, -0.2) is 18.0 Å². The van der Waals surface area contributed by atoms with E-state index in [-0.39, 0.29) is 29.6 Å². The van der Waals surface area contributed by atoms with Crippen LogP contribution in [0.2, 0.25) is 0 Å². The van der Waals surface area contributed by atoms with Crippen LogP contribution in [0.3, 0.4) is 0 Å². The molecule has 0 radical (unpaired) electrons. The predicted octanol–water partition coefficient (Wildman–Crippen LogP) is -0.407.